The van der Waals surface area contributed by atoms with Gasteiger partial charge in [-0.3, -0.25) is 14.9 Å². The van der Waals surface area contributed by atoms with E-state index in [1.807, 2.05) is 32.0 Å². The van der Waals surface area contributed by atoms with E-state index in [-0.39, 0.29) is 23.8 Å². The number of nitrogens with zero attached hydrogens (tertiary/aromatic N) is 2. The number of nitro groups is 1. The molecule has 0 saturated heterocycles. The number of benzene rings is 2. The molecule has 0 heterocycles. The number of nitrogens with one attached hydrogen (secondary N) is 1. The minimum Gasteiger partial charge on any atom is -0.490 e. The summed E-state index contributed by atoms with van der Waals surface area (Å²) in [6.07, 6.45) is 0.215. The van der Waals surface area contributed by atoms with Crippen molar-refractivity contribution in [3.05, 3.63) is 68.8 Å². The molecule has 0 bridgehead atoms. The van der Waals surface area contributed by atoms with Gasteiger partial charge in [0.2, 0.25) is 5.91 Å². The second-order valence-electron chi connectivity index (χ2n) is 5.98. The maximum absolute atomic E-state index is 12.1. The third-order valence-corrected chi connectivity index (χ3v) is 4.00. The first kappa shape index (κ1) is 19.1. The molecule has 0 aromatic heterocycles. The summed E-state index contributed by atoms with van der Waals surface area (Å²) in [5.74, 6) is -0.0773. The molecule has 1 amide bonds. The van der Waals surface area contributed by atoms with Crippen molar-refractivity contribution in [2.45, 2.75) is 27.2 Å². The average Bonchev–Trinajstić information content (AvgIpc) is 2.62. The lowest BCUT2D eigenvalue weighted by molar-refractivity contribution is -0.385. The molecule has 0 aliphatic heterocycles. The minimum absolute atomic E-state index is 0.152. The maximum Gasteiger partial charge on any atom is 0.311 e. The standard InChI is InChI=1S/C19H21N3O4/c1-12-5-6-13(2)16(9-12)11-19(23)21-20-14(3)15-7-8-18(26-4)17(10-15)22(24)25/h5-10H,11H2,1-4H3,(H,21,23)/b20-14-. The van der Waals surface area contributed by atoms with Crippen LogP contribution in [0.4, 0.5) is 5.69 Å². The van der Waals surface area contributed by atoms with Crippen molar-refractivity contribution in [3.63, 3.8) is 0 Å². The number of hydrogen-bond donors (Lipinski definition) is 1. The number of ether oxygens (including phenoxy) is 1. The van der Waals surface area contributed by atoms with Crippen molar-refractivity contribution in [2.24, 2.45) is 5.10 Å². The largest absolute Gasteiger partial charge is 0.490 e. The predicted octanol–water partition coefficient (Wildman–Crippen LogP) is 3.30. The Morgan fingerprint density at radius 3 is 2.62 bits per heavy atom. The summed E-state index contributed by atoms with van der Waals surface area (Å²) < 4.78 is 4.98. The topological polar surface area (TPSA) is 93.8 Å². The number of hydrogen-bond acceptors (Lipinski definition) is 5. The van der Waals surface area contributed by atoms with Crippen molar-refractivity contribution in [2.75, 3.05) is 7.11 Å². The lowest BCUT2D eigenvalue weighted by Crippen LogP contribution is -2.21. The van der Waals surface area contributed by atoms with E-state index in [2.05, 4.69) is 10.5 Å². The molecule has 1 N–H and O–H groups in total. The molecular formula is C19H21N3O4. The van der Waals surface area contributed by atoms with Crippen LogP contribution in [0.25, 0.3) is 0 Å². The number of amides is 1. The maximum atomic E-state index is 12.1. The van der Waals surface area contributed by atoms with Crippen LogP contribution in [0.5, 0.6) is 5.75 Å². The third-order valence-electron chi connectivity index (χ3n) is 4.00. The van der Waals surface area contributed by atoms with Gasteiger partial charge in [0, 0.05) is 11.6 Å². The van der Waals surface area contributed by atoms with E-state index in [4.69, 9.17) is 4.74 Å². The number of carbonyl (C=O) groups excluding carboxylic acids is 1. The zero-order valence-corrected chi connectivity index (χ0v) is 15.2. The summed E-state index contributed by atoms with van der Waals surface area (Å²) in [6, 6.07) is 10.5. The molecule has 2 aromatic carbocycles. The van der Waals surface area contributed by atoms with E-state index < -0.39 is 4.92 Å². The molecule has 0 aliphatic rings. The number of aryl methyl sites for hydroxylation is 2. The first-order valence-corrected chi connectivity index (χ1v) is 8.04. The normalized spacial score (nSPS) is 11.2. The molecule has 7 heteroatoms. The van der Waals surface area contributed by atoms with Crippen LogP contribution in [0.3, 0.4) is 0 Å². The van der Waals surface area contributed by atoms with Gasteiger partial charge in [-0.15, -0.1) is 0 Å². The highest BCUT2D eigenvalue weighted by Crippen LogP contribution is 2.27. The fourth-order valence-electron chi connectivity index (χ4n) is 2.47. The highest BCUT2D eigenvalue weighted by Gasteiger charge is 2.16. The summed E-state index contributed by atoms with van der Waals surface area (Å²) in [6.45, 7) is 5.59. The molecule has 0 spiro atoms. The Bertz CT molecular complexity index is 875. The van der Waals surface area contributed by atoms with Crippen molar-refractivity contribution in [3.8, 4) is 5.75 Å². The molecule has 0 saturated carbocycles. The van der Waals surface area contributed by atoms with Crippen LogP contribution in [0.1, 0.15) is 29.2 Å². The van der Waals surface area contributed by atoms with Crippen molar-refractivity contribution >= 4 is 17.3 Å². The second kappa shape index (κ2) is 8.24. The number of rotatable bonds is 6. The van der Waals surface area contributed by atoms with Crippen LogP contribution < -0.4 is 10.2 Å². The fourth-order valence-corrected chi connectivity index (χ4v) is 2.47. The summed E-state index contributed by atoms with van der Waals surface area (Å²) in [4.78, 5) is 22.7. The molecule has 0 fully saturated rings. The summed E-state index contributed by atoms with van der Waals surface area (Å²) in [7, 11) is 1.37. The Kier molecular flexibility index (Phi) is 6.06. The van der Waals surface area contributed by atoms with E-state index in [1.165, 1.54) is 19.2 Å². The van der Waals surface area contributed by atoms with Gasteiger partial charge in [0.05, 0.1) is 24.2 Å². The quantitative estimate of drug-likeness (QED) is 0.489. The van der Waals surface area contributed by atoms with Crippen molar-refractivity contribution in [1.82, 2.24) is 5.43 Å². The van der Waals surface area contributed by atoms with Crippen LogP contribution in [-0.2, 0) is 11.2 Å². The van der Waals surface area contributed by atoms with Crippen LogP contribution in [0, 0.1) is 24.0 Å². The van der Waals surface area contributed by atoms with Crippen molar-refractivity contribution < 1.29 is 14.5 Å². The highest BCUT2D eigenvalue weighted by molar-refractivity contribution is 6.00. The smallest absolute Gasteiger partial charge is 0.311 e. The molecule has 7 nitrogen and oxygen atoms in total. The Morgan fingerprint density at radius 1 is 1.23 bits per heavy atom. The molecule has 0 radical (unpaired) electrons. The average molecular weight is 355 g/mol. The van der Waals surface area contributed by atoms with Crippen LogP contribution in [0.15, 0.2) is 41.5 Å². The Morgan fingerprint density at radius 2 is 1.96 bits per heavy atom. The Hall–Kier alpha value is -3.22. The molecular weight excluding hydrogens is 334 g/mol. The lowest BCUT2D eigenvalue weighted by atomic mass is 10.0. The lowest BCUT2D eigenvalue weighted by Gasteiger charge is -2.07. The van der Waals surface area contributed by atoms with E-state index in [0.29, 0.717) is 11.3 Å². The molecule has 26 heavy (non-hydrogen) atoms. The number of hydrazone groups is 1. The van der Waals surface area contributed by atoms with Crippen LogP contribution in [0.2, 0.25) is 0 Å². The molecule has 0 atom stereocenters. The number of methoxy groups -OCH3 is 1. The van der Waals surface area contributed by atoms with Crippen LogP contribution >= 0.6 is 0 Å². The van der Waals surface area contributed by atoms with Crippen LogP contribution in [-0.4, -0.2) is 23.7 Å². The van der Waals surface area contributed by atoms with Gasteiger partial charge in [0.1, 0.15) is 0 Å². The molecule has 2 aromatic rings. The first-order chi connectivity index (χ1) is 12.3. The van der Waals surface area contributed by atoms with Gasteiger partial charge in [-0.05, 0) is 44.0 Å². The predicted molar refractivity (Wildman–Crippen MR) is 99.6 cm³/mol. The first-order valence-electron chi connectivity index (χ1n) is 8.04. The molecule has 2 rings (SSSR count). The van der Waals surface area contributed by atoms with E-state index >= 15 is 0 Å². The van der Waals surface area contributed by atoms with Gasteiger partial charge in [0.25, 0.3) is 0 Å². The Labute approximate surface area is 151 Å². The van der Waals surface area contributed by atoms with Gasteiger partial charge in [-0.1, -0.05) is 23.8 Å². The third kappa shape index (κ3) is 4.66. The van der Waals surface area contributed by atoms with Gasteiger partial charge >= 0.3 is 5.69 Å². The van der Waals surface area contributed by atoms with E-state index in [1.54, 1.807) is 13.0 Å². The SMILES string of the molecule is COc1ccc(/C(C)=N\NC(=O)Cc2cc(C)ccc2C)cc1[N+](=O)[O-]. The van der Waals surface area contributed by atoms with Gasteiger partial charge in [0.15, 0.2) is 5.75 Å². The van der Waals surface area contributed by atoms with Gasteiger partial charge in [-0.25, -0.2) is 5.43 Å². The molecule has 136 valence electrons. The summed E-state index contributed by atoms with van der Waals surface area (Å²) in [5, 5.41) is 15.2. The highest BCUT2D eigenvalue weighted by atomic mass is 16.6. The zero-order valence-electron chi connectivity index (χ0n) is 15.2. The summed E-state index contributed by atoms with van der Waals surface area (Å²) in [5.41, 5.74) is 6.41. The number of carbonyl (C=O) groups is 1. The minimum atomic E-state index is -0.519. The van der Waals surface area contributed by atoms with Gasteiger partial charge < -0.3 is 4.74 Å². The van der Waals surface area contributed by atoms with E-state index in [9.17, 15) is 14.9 Å². The Balaban J connectivity index is 2.12. The fraction of sp³-hybridized carbons (Fsp3) is 0.263. The molecule has 0 aliphatic carbocycles. The molecule has 0 unspecified atom stereocenters. The summed E-state index contributed by atoms with van der Waals surface area (Å²) >= 11 is 0. The van der Waals surface area contributed by atoms with E-state index in [0.717, 1.165) is 16.7 Å². The monoisotopic (exact) mass is 355 g/mol. The van der Waals surface area contributed by atoms with Crippen molar-refractivity contribution in [1.29, 1.82) is 0 Å². The second-order valence-corrected chi connectivity index (χ2v) is 5.98. The zero-order chi connectivity index (χ0) is 19.3. The van der Waals surface area contributed by atoms with Gasteiger partial charge in [-0.2, -0.15) is 5.10 Å². The number of nitro benzene ring substituents is 1.